The van der Waals surface area contributed by atoms with Gasteiger partial charge in [-0.3, -0.25) is 9.59 Å². The third-order valence-electron chi connectivity index (χ3n) is 5.58. The zero-order valence-corrected chi connectivity index (χ0v) is 12.7. The lowest BCUT2D eigenvalue weighted by Crippen LogP contribution is -3.19. The van der Waals surface area contributed by atoms with Gasteiger partial charge in [0.1, 0.15) is 12.0 Å². The molecule has 5 heteroatoms. The lowest BCUT2D eigenvalue weighted by atomic mass is 9.84. The van der Waals surface area contributed by atoms with Crippen molar-refractivity contribution in [3.8, 4) is 0 Å². The molecular formula is C17H21N2O3+. The molecule has 2 saturated heterocycles. The smallest absolute Gasteiger partial charge is 0.315 e. The minimum Gasteiger partial charge on any atom is -0.466 e. The number of carbonyl (C=O) groups excluding carboxylic acids is 2. The number of carbonyl (C=O) groups is 2. The summed E-state index contributed by atoms with van der Waals surface area (Å²) in [5.74, 6) is -0.266. The Hall–Kier alpha value is -1.88. The molecule has 1 unspecified atom stereocenters. The first-order valence-electron chi connectivity index (χ1n) is 8.12. The number of esters is 1. The summed E-state index contributed by atoms with van der Waals surface area (Å²) in [6, 6.07) is 8.10. The van der Waals surface area contributed by atoms with Gasteiger partial charge < -0.3 is 15.0 Å². The molecule has 4 atom stereocenters. The zero-order valence-electron chi connectivity index (χ0n) is 12.7. The molecule has 22 heavy (non-hydrogen) atoms. The first-order valence-corrected chi connectivity index (χ1v) is 8.12. The summed E-state index contributed by atoms with van der Waals surface area (Å²) < 4.78 is 5.28. The molecule has 0 bridgehead atoms. The van der Waals surface area contributed by atoms with Crippen molar-refractivity contribution >= 4 is 17.6 Å². The standard InChI is InChI=1S/C17H20N2O3/c1-2-22-15(20)11-10-17(19-9-5-8-14(11)19)12-6-3-4-7-13(12)18-16(17)21/h3-4,6-7,11,14H,2,5,8-10H2,1H3,(H,18,21)/p+1/t11-,14+,17-/m0/s1. The van der Waals surface area contributed by atoms with E-state index in [-0.39, 0.29) is 23.8 Å². The van der Waals surface area contributed by atoms with Crippen LogP contribution < -0.4 is 10.2 Å². The molecule has 116 valence electrons. The number of rotatable bonds is 2. The van der Waals surface area contributed by atoms with Crippen molar-refractivity contribution in [1.82, 2.24) is 0 Å². The van der Waals surface area contributed by atoms with Crippen molar-refractivity contribution in [3.63, 3.8) is 0 Å². The molecule has 0 radical (unpaired) electrons. The average Bonchev–Trinajstić information content (AvgIpc) is 3.16. The van der Waals surface area contributed by atoms with Crippen LogP contribution in [0.2, 0.25) is 0 Å². The summed E-state index contributed by atoms with van der Waals surface area (Å²) in [6.07, 6.45) is 2.62. The molecule has 0 saturated carbocycles. The number of benzene rings is 1. The maximum atomic E-state index is 12.8. The van der Waals surface area contributed by atoms with Crippen molar-refractivity contribution in [1.29, 1.82) is 0 Å². The Balaban J connectivity index is 1.79. The van der Waals surface area contributed by atoms with E-state index in [1.807, 2.05) is 31.2 Å². The van der Waals surface area contributed by atoms with E-state index in [9.17, 15) is 9.59 Å². The fraction of sp³-hybridized carbons (Fsp3) is 0.529. The number of fused-ring (bicyclic) bond motifs is 4. The molecule has 2 fully saturated rings. The highest BCUT2D eigenvalue weighted by Gasteiger charge is 2.67. The third-order valence-corrected chi connectivity index (χ3v) is 5.58. The topological polar surface area (TPSA) is 59.8 Å². The van der Waals surface area contributed by atoms with Crippen molar-refractivity contribution in [2.75, 3.05) is 18.5 Å². The van der Waals surface area contributed by atoms with Crippen LogP contribution in [-0.4, -0.2) is 31.1 Å². The highest BCUT2D eigenvalue weighted by Crippen LogP contribution is 2.44. The number of anilines is 1. The van der Waals surface area contributed by atoms with Gasteiger partial charge in [-0.1, -0.05) is 18.2 Å². The summed E-state index contributed by atoms with van der Waals surface area (Å²) in [5.41, 5.74) is 1.35. The van der Waals surface area contributed by atoms with E-state index >= 15 is 0 Å². The highest BCUT2D eigenvalue weighted by atomic mass is 16.5. The van der Waals surface area contributed by atoms with Crippen LogP contribution >= 0.6 is 0 Å². The summed E-state index contributed by atoms with van der Waals surface area (Å²) in [7, 11) is 0. The maximum absolute atomic E-state index is 12.8. The normalized spacial score (nSPS) is 35.3. The van der Waals surface area contributed by atoms with E-state index < -0.39 is 5.54 Å². The van der Waals surface area contributed by atoms with Crippen molar-refractivity contribution in [2.45, 2.75) is 37.8 Å². The van der Waals surface area contributed by atoms with Crippen molar-refractivity contribution in [3.05, 3.63) is 29.8 Å². The molecule has 1 aromatic carbocycles. The van der Waals surface area contributed by atoms with E-state index in [0.29, 0.717) is 13.0 Å². The van der Waals surface area contributed by atoms with E-state index in [2.05, 4.69) is 5.32 Å². The molecule has 2 N–H and O–H groups in total. The van der Waals surface area contributed by atoms with Crippen LogP contribution in [0.15, 0.2) is 24.3 Å². The molecule has 3 heterocycles. The van der Waals surface area contributed by atoms with Gasteiger partial charge in [-0.15, -0.1) is 0 Å². The van der Waals surface area contributed by atoms with Crippen molar-refractivity contribution < 1.29 is 19.2 Å². The quantitative estimate of drug-likeness (QED) is 0.781. The molecule has 3 aliphatic rings. The van der Waals surface area contributed by atoms with Crippen LogP contribution in [0.25, 0.3) is 0 Å². The largest absolute Gasteiger partial charge is 0.466 e. The van der Waals surface area contributed by atoms with Crippen LogP contribution in [0, 0.1) is 5.92 Å². The average molecular weight is 301 g/mol. The number of hydrogen-bond donors (Lipinski definition) is 2. The lowest BCUT2D eigenvalue weighted by Gasteiger charge is -2.29. The summed E-state index contributed by atoms with van der Waals surface area (Å²) in [6.45, 7) is 3.18. The fourth-order valence-electron chi connectivity index (χ4n) is 4.78. The molecular weight excluding hydrogens is 280 g/mol. The molecule has 1 aromatic rings. The minimum atomic E-state index is -0.602. The number of amides is 1. The first kappa shape index (κ1) is 13.8. The van der Waals surface area contributed by atoms with Gasteiger partial charge in [0.15, 0.2) is 0 Å². The van der Waals surface area contributed by atoms with Gasteiger partial charge in [0.25, 0.3) is 5.91 Å². The number of quaternary nitrogens is 1. The molecule has 4 rings (SSSR count). The summed E-state index contributed by atoms with van der Waals surface area (Å²) >= 11 is 0. The molecule has 5 nitrogen and oxygen atoms in total. The van der Waals surface area contributed by atoms with E-state index in [4.69, 9.17) is 4.74 Å². The zero-order chi connectivity index (χ0) is 15.3. The SMILES string of the molecule is CCOC(=O)[C@H]1C[C@]2(C(=O)Nc3ccccc32)[NH+]2CCC[C@H]12. The van der Waals surface area contributed by atoms with Gasteiger partial charge in [-0.2, -0.15) is 0 Å². The predicted octanol–water partition coefficient (Wildman–Crippen LogP) is 0.464. The van der Waals surface area contributed by atoms with E-state index in [1.54, 1.807) is 0 Å². The Morgan fingerprint density at radius 1 is 1.45 bits per heavy atom. The highest BCUT2D eigenvalue weighted by molar-refractivity contribution is 6.05. The Labute approximate surface area is 129 Å². The lowest BCUT2D eigenvalue weighted by molar-refractivity contribution is -0.947. The van der Waals surface area contributed by atoms with Gasteiger partial charge >= 0.3 is 5.97 Å². The number of para-hydroxylation sites is 1. The van der Waals surface area contributed by atoms with E-state index in [1.165, 1.54) is 4.90 Å². The monoisotopic (exact) mass is 301 g/mol. The Kier molecular flexibility index (Phi) is 3.01. The van der Waals surface area contributed by atoms with Crippen LogP contribution in [0.5, 0.6) is 0 Å². The Bertz CT molecular complexity index is 645. The molecule has 1 amide bonds. The van der Waals surface area contributed by atoms with Gasteiger partial charge in [0.05, 0.1) is 18.8 Å². The third kappa shape index (κ3) is 1.63. The van der Waals surface area contributed by atoms with Gasteiger partial charge in [0.2, 0.25) is 5.54 Å². The van der Waals surface area contributed by atoms with Crippen LogP contribution in [0.4, 0.5) is 5.69 Å². The molecule has 0 aromatic heterocycles. The Morgan fingerprint density at radius 2 is 2.27 bits per heavy atom. The number of ether oxygens (including phenoxy) is 1. The molecule has 0 aliphatic carbocycles. The molecule has 3 aliphatic heterocycles. The maximum Gasteiger partial charge on any atom is 0.315 e. The minimum absolute atomic E-state index is 0.0439. The molecule has 1 spiro atoms. The van der Waals surface area contributed by atoms with Crippen LogP contribution in [0.1, 0.15) is 31.7 Å². The van der Waals surface area contributed by atoms with E-state index in [0.717, 1.165) is 30.6 Å². The summed E-state index contributed by atoms with van der Waals surface area (Å²) in [5, 5.41) is 3.02. The second kappa shape index (κ2) is 4.81. The fourth-order valence-corrected chi connectivity index (χ4v) is 4.78. The second-order valence-corrected chi connectivity index (χ2v) is 6.49. The first-order chi connectivity index (χ1) is 10.7. The Morgan fingerprint density at radius 3 is 3.09 bits per heavy atom. The van der Waals surface area contributed by atoms with Gasteiger partial charge in [-0.25, -0.2) is 0 Å². The van der Waals surface area contributed by atoms with Gasteiger partial charge in [-0.05, 0) is 13.0 Å². The van der Waals surface area contributed by atoms with Crippen LogP contribution in [-0.2, 0) is 19.9 Å². The van der Waals surface area contributed by atoms with Crippen LogP contribution in [0.3, 0.4) is 0 Å². The number of hydrogen-bond acceptors (Lipinski definition) is 3. The number of nitrogens with one attached hydrogen (secondary N) is 2. The predicted molar refractivity (Wildman–Crippen MR) is 80.3 cm³/mol. The van der Waals surface area contributed by atoms with Crippen molar-refractivity contribution in [2.24, 2.45) is 5.92 Å². The second-order valence-electron chi connectivity index (χ2n) is 6.49. The van der Waals surface area contributed by atoms with Gasteiger partial charge in [0, 0.05) is 24.8 Å². The summed E-state index contributed by atoms with van der Waals surface area (Å²) in [4.78, 5) is 26.5.